The van der Waals surface area contributed by atoms with E-state index in [2.05, 4.69) is 36.7 Å². The molecule has 1 aliphatic heterocycles. The second-order valence-corrected chi connectivity index (χ2v) is 5.48. The van der Waals surface area contributed by atoms with Crippen LogP contribution in [0.3, 0.4) is 0 Å². The fraction of sp³-hybridized carbons (Fsp3) is 0.500. The van der Waals surface area contributed by atoms with Gasteiger partial charge in [-0.3, -0.25) is 4.90 Å². The van der Waals surface area contributed by atoms with Crippen LogP contribution in [0.5, 0.6) is 0 Å². The standard InChI is InChI=1S/C16H22N6/c1-2-15-17-8-5-14(20-15)13-21-9-4-10-22(12-11-21)16-18-6-3-7-19-16/h3,5-8H,2,4,9-13H2,1H3. The van der Waals surface area contributed by atoms with Gasteiger partial charge in [0.15, 0.2) is 0 Å². The fourth-order valence-electron chi connectivity index (χ4n) is 2.71. The third-order valence-corrected chi connectivity index (χ3v) is 3.89. The van der Waals surface area contributed by atoms with Crippen molar-refractivity contribution in [2.75, 3.05) is 31.1 Å². The highest BCUT2D eigenvalue weighted by molar-refractivity contribution is 5.28. The summed E-state index contributed by atoms with van der Waals surface area (Å²) in [5.74, 6) is 1.76. The highest BCUT2D eigenvalue weighted by atomic mass is 15.3. The maximum absolute atomic E-state index is 4.60. The summed E-state index contributed by atoms with van der Waals surface area (Å²) >= 11 is 0. The number of rotatable bonds is 4. The molecule has 22 heavy (non-hydrogen) atoms. The minimum Gasteiger partial charge on any atom is -0.339 e. The van der Waals surface area contributed by atoms with Gasteiger partial charge >= 0.3 is 0 Å². The van der Waals surface area contributed by atoms with Crippen LogP contribution in [0.1, 0.15) is 24.9 Å². The summed E-state index contributed by atoms with van der Waals surface area (Å²) in [6.45, 7) is 7.01. The van der Waals surface area contributed by atoms with Crippen molar-refractivity contribution < 1.29 is 0 Å². The van der Waals surface area contributed by atoms with Crippen molar-refractivity contribution in [3.8, 4) is 0 Å². The average molecular weight is 298 g/mol. The van der Waals surface area contributed by atoms with Crippen molar-refractivity contribution in [2.24, 2.45) is 0 Å². The highest BCUT2D eigenvalue weighted by Gasteiger charge is 2.17. The molecule has 0 aromatic carbocycles. The van der Waals surface area contributed by atoms with Gasteiger partial charge in [-0.25, -0.2) is 19.9 Å². The molecule has 6 nitrogen and oxygen atoms in total. The minimum atomic E-state index is 0.833. The Hall–Kier alpha value is -2.08. The molecule has 3 rings (SSSR count). The van der Waals surface area contributed by atoms with Crippen LogP contribution in [0, 0.1) is 0 Å². The topological polar surface area (TPSA) is 58.0 Å². The van der Waals surface area contributed by atoms with E-state index < -0.39 is 0 Å². The Kier molecular flexibility index (Phi) is 4.90. The van der Waals surface area contributed by atoms with Gasteiger partial charge in [-0.2, -0.15) is 0 Å². The molecule has 0 atom stereocenters. The predicted octanol–water partition coefficient (Wildman–Crippen LogP) is 1.54. The maximum Gasteiger partial charge on any atom is 0.225 e. The van der Waals surface area contributed by atoms with Gasteiger partial charge in [0.2, 0.25) is 5.95 Å². The van der Waals surface area contributed by atoms with E-state index in [-0.39, 0.29) is 0 Å². The van der Waals surface area contributed by atoms with Crippen molar-refractivity contribution in [3.63, 3.8) is 0 Å². The van der Waals surface area contributed by atoms with Crippen molar-refractivity contribution in [2.45, 2.75) is 26.3 Å². The molecule has 6 heteroatoms. The first-order chi connectivity index (χ1) is 10.8. The van der Waals surface area contributed by atoms with Gasteiger partial charge in [0.05, 0.1) is 5.69 Å². The molecule has 116 valence electrons. The molecule has 0 amide bonds. The van der Waals surface area contributed by atoms with E-state index in [4.69, 9.17) is 0 Å². The summed E-state index contributed by atoms with van der Waals surface area (Å²) in [5, 5.41) is 0. The second-order valence-electron chi connectivity index (χ2n) is 5.48. The molecule has 2 aromatic heterocycles. The normalized spacial score (nSPS) is 16.5. The second kappa shape index (κ2) is 7.26. The Balaban J connectivity index is 1.60. The fourth-order valence-corrected chi connectivity index (χ4v) is 2.71. The number of hydrogen-bond donors (Lipinski definition) is 0. The Labute approximate surface area is 131 Å². The van der Waals surface area contributed by atoms with Crippen molar-refractivity contribution in [1.82, 2.24) is 24.8 Å². The first-order valence-electron chi connectivity index (χ1n) is 7.90. The molecule has 1 saturated heterocycles. The van der Waals surface area contributed by atoms with Gasteiger partial charge < -0.3 is 4.90 Å². The van der Waals surface area contributed by atoms with E-state index in [1.54, 1.807) is 12.4 Å². The first-order valence-corrected chi connectivity index (χ1v) is 7.90. The molecule has 0 spiro atoms. The molecular formula is C16H22N6. The van der Waals surface area contributed by atoms with Crippen LogP contribution >= 0.6 is 0 Å². The smallest absolute Gasteiger partial charge is 0.225 e. The monoisotopic (exact) mass is 298 g/mol. The third-order valence-electron chi connectivity index (χ3n) is 3.89. The molecule has 0 saturated carbocycles. The lowest BCUT2D eigenvalue weighted by atomic mass is 10.3. The molecular weight excluding hydrogens is 276 g/mol. The van der Waals surface area contributed by atoms with Gasteiger partial charge in [-0.05, 0) is 18.6 Å². The molecule has 2 aromatic rings. The Bertz CT molecular complexity index is 588. The van der Waals surface area contributed by atoms with E-state index in [0.717, 1.165) is 63.0 Å². The van der Waals surface area contributed by atoms with Crippen LogP contribution in [0.2, 0.25) is 0 Å². The van der Waals surface area contributed by atoms with E-state index in [9.17, 15) is 0 Å². The summed E-state index contributed by atoms with van der Waals surface area (Å²) < 4.78 is 0. The zero-order valence-electron chi connectivity index (χ0n) is 13.0. The van der Waals surface area contributed by atoms with Crippen LogP contribution in [-0.2, 0) is 13.0 Å². The van der Waals surface area contributed by atoms with E-state index in [1.807, 2.05) is 18.3 Å². The molecule has 0 bridgehead atoms. The molecule has 0 unspecified atom stereocenters. The van der Waals surface area contributed by atoms with Crippen LogP contribution in [0.4, 0.5) is 5.95 Å². The van der Waals surface area contributed by atoms with Crippen molar-refractivity contribution in [1.29, 1.82) is 0 Å². The minimum absolute atomic E-state index is 0.833. The summed E-state index contributed by atoms with van der Waals surface area (Å²) in [6, 6.07) is 3.87. The lowest BCUT2D eigenvalue weighted by Gasteiger charge is -2.21. The highest BCUT2D eigenvalue weighted by Crippen LogP contribution is 2.12. The largest absolute Gasteiger partial charge is 0.339 e. The zero-order chi connectivity index (χ0) is 15.2. The number of nitrogens with zero attached hydrogens (tertiary/aromatic N) is 6. The van der Waals surface area contributed by atoms with Gasteiger partial charge in [0.25, 0.3) is 0 Å². The Morgan fingerprint density at radius 2 is 1.86 bits per heavy atom. The molecule has 0 aliphatic carbocycles. The molecule has 3 heterocycles. The lowest BCUT2D eigenvalue weighted by molar-refractivity contribution is 0.281. The van der Waals surface area contributed by atoms with E-state index >= 15 is 0 Å². The number of aromatic nitrogens is 4. The average Bonchev–Trinajstić information content (AvgIpc) is 2.81. The van der Waals surface area contributed by atoms with E-state index in [1.165, 1.54) is 0 Å². The number of aryl methyl sites for hydroxylation is 1. The Morgan fingerprint density at radius 1 is 1.00 bits per heavy atom. The number of hydrogen-bond acceptors (Lipinski definition) is 6. The summed E-state index contributed by atoms with van der Waals surface area (Å²) in [6.07, 6.45) is 7.47. The lowest BCUT2D eigenvalue weighted by Crippen LogP contribution is -2.31. The summed E-state index contributed by atoms with van der Waals surface area (Å²) in [4.78, 5) is 22.3. The van der Waals surface area contributed by atoms with Gasteiger partial charge in [-0.1, -0.05) is 6.92 Å². The van der Waals surface area contributed by atoms with Crippen LogP contribution in [0.15, 0.2) is 30.7 Å². The SMILES string of the molecule is CCc1nccc(CN2CCCN(c3ncccn3)CC2)n1. The van der Waals surface area contributed by atoms with E-state index in [0.29, 0.717) is 0 Å². The molecule has 0 radical (unpaired) electrons. The number of anilines is 1. The third kappa shape index (κ3) is 3.76. The first kappa shape index (κ1) is 14.8. The summed E-state index contributed by atoms with van der Waals surface area (Å²) in [7, 11) is 0. The maximum atomic E-state index is 4.60. The van der Waals surface area contributed by atoms with Crippen LogP contribution in [0.25, 0.3) is 0 Å². The quantitative estimate of drug-likeness (QED) is 0.853. The Morgan fingerprint density at radius 3 is 2.68 bits per heavy atom. The van der Waals surface area contributed by atoms with Gasteiger partial charge in [0.1, 0.15) is 5.82 Å². The molecule has 1 aliphatic rings. The summed E-state index contributed by atoms with van der Waals surface area (Å²) in [5.41, 5.74) is 1.11. The van der Waals surface area contributed by atoms with Crippen molar-refractivity contribution in [3.05, 3.63) is 42.2 Å². The van der Waals surface area contributed by atoms with Crippen LogP contribution < -0.4 is 4.90 Å². The zero-order valence-corrected chi connectivity index (χ0v) is 13.0. The van der Waals surface area contributed by atoms with Crippen LogP contribution in [-0.4, -0.2) is 51.0 Å². The van der Waals surface area contributed by atoms with Crippen molar-refractivity contribution >= 4 is 5.95 Å². The predicted molar refractivity (Wildman–Crippen MR) is 85.5 cm³/mol. The van der Waals surface area contributed by atoms with Gasteiger partial charge in [0, 0.05) is 57.7 Å². The molecule has 0 N–H and O–H groups in total. The van der Waals surface area contributed by atoms with Gasteiger partial charge in [-0.15, -0.1) is 0 Å². The molecule has 1 fully saturated rings.